The van der Waals surface area contributed by atoms with E-state index in [9.17, 15) is 23.1 Å². The van der Waals surface area contributed by atoms with Crippen molar-refractivity contribution in [3.63, 3.8) is 0 Å². The summed E-state index contributed by atoms with van der Waals surface area (Å²) in [7, 11) is 0. The maximum absolute atomic E-state index is 12.9. The highest BCUT2D eigenvalue weighted by Gasteiger charge is 2.30. The average molecular weight is 553 g/mol. The van der Waals surface area contributed by atoms with Gasteiger partial charge in [0.15, 0.2) is 0 Å². The highest BCUT2D eigenvalue weighted by Crippen LogP contribution is 2.32. The number of benzene rings is 2. The Hall–Kier alpha value is -4.22. The molecule has 5 aromatic rings. The number of aromatic carboxylic acids is 1. The average Bonchev–Trinajstić information content (AvgIpc) is 3.35. The summed E-state index contributed by atoms with van der Waals surface area (Å²) < 4.78 is 50.3. The molecule has 0 aliphatic heterocycles. The number of alkyl halides is 3. The molecule has 0 bridgehead atoms. The third-order valence-corrected chi connectivity index (χ3v) is 6.49. The number of fused-ring (bicyclic) bond motifs is 4. The van der Waals surface area contributed by atoms with Crippen LogP contribution >= 0.6 is 0 Å². The zero-order valence-electron chi connectivity index (χ0n) is 21.4. The SMILES string of the molecule is O=C(O)c1ccc2c(c1)nc(OCCOCCCCNCc1cc3cc(C(F)(F)F)ccc3[nH]1)c1ccncc12. The predicted molar refractivity (Wildman–Crippen MR) is 145 cm³/mol. The van der Waals surface area contributed by atoms with Crippen molar-refractivity contribution in [2.45, 2.75) is 25.6 Å². The number of rotatable bonds is 12. The van der Waals surface area contributed by atoms with Crippen molar-refractivity contribution in [1.82, 2.24) is 20.3 Å². The Morgan fingerprint density at radius 3 is 2.67 bits per heavy atom. The number of pyridine rings is 2. The Bertz CT molecular complexity index is 1650. The molecule has 3 aromatic heterocycles. The van der Waals surface area contributed by atoms with Crippen LogP contribution in [0.5, 0.6) is 5.88 Å². The zero-order valence-corrected chi connectivity index (χ0v) is 21.4. The number of halogens is 3. The summed E-state index contributed by atoms with van der Waals surface area (Å²) in [4.78, 5) is 23.2. The van der Waals surface area contributed by atoms with E-state index in [-0.39, 0.29) is 12.2 Å². The second-order valence-corrected chi connectivity index (χ2v) is 9.31. The van der Waals surface area contributed by atoms with Gasteiger partial charge in [0, 0.05) is 58.3 Å². The first-order chi connectivity index (χ1) is 19.3. The molecule has 0 spiro atoms. The minimum atomic E-state index is -4.36. The molecule has 0 aliphatic carbocycles. The number of carbonyl (C=O) groups is 1. The number of aromatic amines is 1. The molecule has 0 saturated carbocycles. The number of carboxylic acid groups (broad SMARTS) is 1. The lowest BCUT2D eigenvalue weighted by atomic mass is 10.1. The fraction of sp³-hybridized carbons (Fsp3) is 0.276. The second-order valence-electron chi connectivity index (χ2n) is 9.31. The highest BCUT2D eigenvalue weighted by atomic mass is 19.4. The molecule has 3 N–H and O–H groups in total. The van der Waals surface area contributed by atoms with Gasteiger partial charge in [0.05, 0.1) is 23.3 Å². The number of unbranched alkanes of at least 4 members (excludes halogenated alkanes) is 1. The number of aromatic nitrogens is 3. The number of H-pyrrole nitrogens is 1. The topological polar surface area (TPSA) is 109 Å². The first kappa shape index (κ1) is 27.4. The van der Waals surface area contributed by atoms with Crippen LogP contribution in [-0.4, -0.2) is 52.4 Å². The number of nitrogens with one attached hydrogen (secondary N) is 2. The second kappa shape index (κ2) is 11.9. The number of hydrogen-bond acceptors (Lipinski definition) is 6. The maximum atomic E-state index is 12.9. The van der Waals surface area contributed by atoms with Crippen LogP contribution in [0.3, 0.4) is 0 Å². The first-order valence-electron chi connectivity index (χ1n) is 12.8. The smallest absolute Gasteiger partial charge is 0.416 e. The molecule has 208 valence electrons. The van der Waals surface area contributed by atoms with Gasteiger partial charge in [-0.25, -0.2) is 9.78 Å². The quantitative estimate of drug-likeness (QED) is 0.130. The van der Waals surface area contributed by atoms with Gasteiger partial charge in [-0.3, -0.25) is 4.98 Å². The summed E-state index contributed by atoms with van der Waals surface area (Å²) in [5, 5.41) is 15.5. The van der Waals surface area contributed by atoms with Gasteiger partial charge in [0.1, 0.15) is 6.61 Å². The van der Waals surface area contributed by atoms with Crippen LogP contribution in [0.1, 0.15) is 34.5 Å². The molecule has 0 atom stereocenters. The van der Waals surface area contributed by atoms with Gasteiger partial charge in [-0.05, 0) is 61.9 Å². The van der Waals surface area contributed by atoms with Crippen LogP contribution < -0.4 is 10.1 Å². The molecule has 0 fully saturated rings. The number of nitrogens with zero attached hydrogens (tertiary/aromatic N) is 2. The Morgan fingerprint density at radius 1 is 0.975 bits per heavy atom. The van der Waals surface area contributed by atoms with Crippen molar-refractivity contribution in [3.8, 4) is 5.88 Å². The lowest BCUT2D eigenvalue weighted by Crippen LogP contribution is -2.15. The minimum Gasteiger partial charge on any atom is -0.478 e. The van der Waals surface area contributed by atoms with E-state index < -0.39 is 17.7 Å². The van der Waals surface area contributed by atoms with Gasteiger partial charge in [0.2, 0.25) is 5.88 Å². The lowest BCUT2D eigenvalue weighted by molar-refractivity contribution is -0.137. The molecule has 5 rings (SSSR count). The fourth-order valence-electron chi connectivity index (χ4n) is 4.50. The summed E-state index contributed by atoms with van der Waals surface area (Å²) in [6.45, 7) is 2.46. The molecule has 3 heterocycles. The third kappa shape index (κ3) is 6.32. The van der Waals surface area contributed by atoms with Crippen molar-refractivity contribution in [1.29, 1.82) is 0 Å². The largest absolute Gasteiger partial charge is 0.478 e. The Morgan fingerprint density at radius 2 is 1.85 bits per heavy atom. The summed E-state index contributed by atoms with van der Waals surface area (Å²) in [6, 6.07) is 12.0. The number of ether oxygens (including phenoxy) is 2. The summed E-state index contributed by atoms with van der Waals surface area (Å²) in [5.41, 5.74) is 1.51. The van der Waals surface area contributed by atoms with E-state index in [1.165, 1.54) is 12.1 Å². The van der Waals surface area contributed by atoms with E-state index in [1.807, 2.05) is 6.07 Å². The summed E-state index contributed by atoms with van der Waals surface area (Å²) in [6.07, 6.45) is 0.704. The van der Waals surface area contributed by atoms with E-state index >= 15 is 0 Å². The molecule has 0 amide bonds. The van der Waals surface area contributed by atoms with Crippen LogP contribution in [-0.2, 0) is 17.5 Å². The van der Waals surface area contributed by atoms with E-state index in [0.29, 0.717) is 42.1 Å². The Balaban J connectivity index is 1.03. The van der Waals surface area contributed by atoms with Crippen molar-refractivity contribution in [3.05, 3.63) is 77.7 Å². The van der Waals surface area contributed by atoms with E-state index in [4.69, 9.17) is 9.47 Å². The normalized spacial score (nSPS) is 12.0. The van der Waals surface area contributed by atoms with Crippen LogP contribution in [0.25, 0.3) is 32.6 Å². The molecular weight excluding hydrogens is 525 g/mol. The molecule has 0 aliphatic rings. The fourth-order valence-corrected chi connectivity index (χ4v) is 4.50. The predicted octanol–water partition coefficient (Wildman–Crippen LogP) is 5.95. The highest BCUT2D eigenvalue weighted by molar-refractivity contribution is 6.08. The maximum Gasteiger partial charge on any atom is 0.416 e. The minimum absolute atomic E-state index is 0.146. The first-order valence-corrected chi connectivity index (χ1v) is 12.8. The van der Waals surface area contributed by atoms with Gasteiger partial charge in [0.25, 0.3) is 0 Å². The number of carboxylic acids is 1. The number of hydrogen-bond donors (Lipinski definition) is 3. The van der Waals surface area contributed by atoms with Crippen molar-refractivity contribution >= 4 is 38.5 Å². The molecule has 0 radical (unpaired) electrons. The summed E-state index contributed by atoms with van der Waals surface area (Å²) >= 11 is 0. The van der Waals surface area contributed by atoms with Gasteiger partial charge in [-0.1, -0.05) is 6.07 Å². The molecule has 8 nitrogen and oxygen atoms in total. The zero-order chi connectivity index (χ0) is 28.1. The van der Waals surface area contributed by atoms with Gasteiger partial charge in [-0.15, -0.1) is 0 Å². The van der Waals surface area contributed by atoms with Crippen LogP contribution in [0.2, 0.25) is 0 Å². The summed E-state index contributed by atoms with van der Waals surface area (Å²) in [5.74, 6) is -0.631. The van der Waals surface area contributed by atoms with Crippen LogP contribution in [0, 0.1) is 0 Å². The van der Waals surface area contributed by atoms with Crippen LogP contribution in [0.4, 0.5) is 13.2 Å². The van der Waals surface area contributed by atoms with E-state index in [0.717, 1.165) is 53.4 Å². The molecule has 11 heteroatoms. The Labute approximate surface area is 227 Å². The molecule has 0 unspecified atom stereocenters. The Kier molecular flexibility index (Phi) is 8.13. The molecule has 0 saturated heterocycles. The standard InChI is InChI=1S/C29H27F3N4O4/c30-29(31,32)20-4-6-25-19(13-20)14-21(35-25)16-33-8-1-2-10-39-11-12-40-27-23-7-9-34-17-24(23)22-5-3-18(28(37)38)15-26(22)36-27/h3-7,9,13-15,17,33,35H,1-2,8,10-12,16H2,(H,37,38). The van der Waals surface area contributed by atoms with Crippen molar-refractivity contribution in [2.24, 2.45) is 0 Å². The van der Waals surface area contributed by atoms with E-state index in [2.05, 4.69) is 20.3 Å². The van der Waals surface area contributed by atoms with Crippen molar-refractivity contribution < 1.29 is 32.5 Å². The van der Waals surface area contributed by atoms with Crippen LogP contribution in [0.15, 0.2) is 60.9 Å². The molecule has 2 aromatic carbocycles. The van der Waals surface area contributed by atoms with Gasteiger partial charge >= 0.3 is 12.1 Å². The lowest BCUT2D eigenvalue weighted by Gasteiger charge is -2.11. The molecule has 40 heavy (non-hydrogen) atoms. The monoisotopic (exact) mass is 552 g/mol. The van der Waals surface area contributed by atoms with Gasteiger partial charge < -0.3 is 24.9 Å². The third-order valence-electron chi connectivity index (χ3n) is 6.49. The molecular formula is C29H27F3N4O4. The van der Waals surface area contributed by atoms with E-state index in [1.54, 1.807) is 30.6 Å². The van der Waals surface area contributed by atoms with Gasteiger partial charge in [-0.2, -0.15) is 13.2 Å². The van der Waals surface area contributed by atoms with Crippen molar-refractivity contribution in [2.75, 3.05) is 26.4 Å².